The molecule has 0 saturated heterocycles. The highest BCUT2D eigenvalue weighted by atomic mass is 32.1. The van der Waals surface area contributed by atoms with Crippen LogP contribution in [0.3, 0.4) is 0 Å². The summed E-state index contributed by atoms with van der Waals surface area (Å²) in [5.41, 5.74) is 17.6. The predicted octanol–water partition coefficient (Wildman–Crippen LogP) is -1.83. The lowest BCUT2D eigenvalue weighted by molar-refractivity contribution is 0.552. The Hall–Kier alpha value is -1.15. The third-order valence-electron chi connectivity index (χ3n) is 0.683. The van der Waals surface area contributed by atoms with Crippen LogP contribution in [0.2, 0.25) is 0 Å². The minimum Gasteiger partial charge on any atom is -0.375 e. The first kappa shape index (κ1) is 9.85. The van der Waals surface area contributed by atoms with E-state index < -0.39 is 0 Å². The van der Waals surface area contributed by atoms with E-state index in [1.54, 1.807) is 0 Å². The SMILES string of the molecule is N=C(N)N(NC(N)=S)C(N)=S. The molecule has 8 N–H and O–H groups in total. The zero-order valence-electron chi connectivity index (χ0n) is 5.50. The molecule has 0 rings (SSSR count). The molecule has 0 atom stereocenters. The smallest absolute Gasteiger partial charge is 0.214 e. The molecule has 8 heteroatoms. The highest BCUT2D eigenvalue weighted by Crippen LogP contribution is 1.78. The van der Waals surface area contributed by atoms with Gasteiger partial charge in [-0.25, -0.2) is 0 Å². The molecule has 0 aliphatic heterocycles. The van der Waals surface area contributed by atoms with Crippen LogP contribution in [-0.2, 0) is 0 Å². The van der Waals surface area contributed by atoms with Crippen molar-refractivity contribution in [3.63, 3.8) is 0 Å². The summed E-state index contributed by atoms with van der Waals surface area (Å²) in [6, 6.07) is 0. The quantitative estimate of drug-likeness (QED) is 0.133. The van der Waals surface area contributed by atoms with Crippen LogP contribution in [0.5, 0.6) is 0 Å². The van der Waals surface area contributed by atoms with Gasteiger partial charge in [-0.15, -0.1) is 0 Å². The van der Waals surface area contributed by atoms with Gasteiger partial charge in [0.25, 0.3) is 0 Å². The van der Waals surface area contributed by atoms with E-state index in [0.717, 1.165) is 5.01 Å². The van der Waals surface area contributed by atoms with Gasteiger partial charge in [-0.1, -0.05) is 0 Å². The van der Waals surface area contributed by atoms with Crippen LogP contribution in [0.15, 0.2) is 0 Å². The van der Waals surface area contributed by atoms with E-state index in [2.05, 4.69) is 29.9 Å². The Labute approximate surface area is 74.2 Å². The molecule has 0 bridgehead atoms. The van der Waals surface area contributed by atoms with E-state index in [1.807, 2.05) is 0 Å². The van der Waals surface area contributed by atoms with Crippen molar-refractivity contribution in [2.45, 2.75) is 0 Å². The molecule has 0 aliphatic rings. The Bertz CT molecular complexity index is 186. The number of hydrogen-bond donors (Lipinski definition) is 5. The molecule has 0 amide bonds. The second-order valence-corrected chi connectivity index (χ2v) is 2.39. The Kier molecular flexibility index (Phi) is 3.48. The van der Waals surface area contributed by atoms with Crippen LogP contribution in [0, 0.1) is 5.41 Å². The lowest BCUT2D eigenvalue weighted by atomic mass is 10.8. The van der Waals surface area contributed by atoms with Gasteiger partial charge >= 0.3 is 0 Å². The Morgan fingerprint density at radius 2 is 1.73 bits per heavy atom. The number of guanidine groups is 1. The molecule has 0 aliphatic carbocycles. The summed E-state index contributed by atoms with van der Waals surface area (Å²) in [6.07, 6.45) is 0. The normalized spacial score (nSPS) is 8.36. The van der Waals surface area contributed by atoms with E-state index >= 15 is 0 Å². The van der Waals surface area contributed by atoms with Gasteiger partial charge in [0.1, 0.15) is 0 Å². The summed E-state index contributed by atoms with van der Waals surface area (Å²) < 4.78 is 0. The van der Waals surface area contributed by atoms with E-state index in [0.29, 0.717) is 0 Å². The zero-order valence-corrected chi connectivity index (χ0v) is 7.13. The molecule has 0 saturated carbocycles. The summed E-state index contributed by atoms with van der Waals surface area (Å²) in [5, 5.41) is 7.64. The third-order valence-corrected chi connectivity index (χ3v) is 0.957. The van der Waals surface area contributed by atoms with Gasteiger partial charge in [0.2, 0.25) is 5.96 Å². The minimum absolute atomic E-state index is 0.0620. The van der Waals surface area contributed by atoms with Crippen molar-refractivity contribution in [1.29, 1.82) is 5.41 Å². The van der Waals surface area contributed by atoms with Gasteiger partial charge in [-0.3, -0.25) is 10.8 Å². The standard InChI is InChI=1S/C3H8N6S2/c4-1(5)9(3(7)11)8-2(6)10/h(H3,4,5)(H2,7,11)(H3,6,8,10). The van der Waals surface area contributed by atoms with Crippen LogP contribution in [0.1, 0.15) is 0 Å². The first-order valence-corrected chi connectivity index (χ1v) is 3.26. The molecule has 0 heterocycles. The van der Waals surface area contributed by atoms with Crippen molar-refractivity contribution < 1.29 is 0 Å². The Morgan fingerprint density at radius 3 is 1.82 bits per heavy atom. The van der Waals surface area contributed by atoms with E-state index in [4.69, 9.17) is 22.6 Å². The monoisotopic (exact) mass is 192 g/mol. The van der Waals surface area contributed by atoms with Crippen molar-refractivity contribution in [2.24, 2.45) is 17.2 Å². The fourth-order valence-electron chi connectivity index (χ4n) is 0.344. The lowest BCUT2D eigenvalue weighted by Gasteiger charge is -2.20. The highest BCUT2D eigenvalue weighted by Gasteiger charge is 2.08. The van der Waals surface area contributed by atoms with Crippen molar-refractivity contribution in [1.82, 2.24) is 10.4 Å². The third kappa shape index (κ3) is 3.53. The van der Waals surface area contributed by atoms with Crippen LogP contribution >= 0.6 is 24.4 Å². The maximum atomic E-state index is 6.93. The second-order valence-electron chi connectivity index (χ2n) is 1.53. The number of nitrogens with two attached hydrogens (primary N) is 3. The van der Waals surface area contributed by atoms with Gasteiger partial charge in [0, 0.05) is 0 Å². The summed E-state index contributed by atoms with van der Waals surface area (Å²) in [6.45, 7) is 0. The average Bonchev–Trinajstić information content (AvgIpc) is 1.81. The number of nitrogens with one attached hydrogen (secondary N) is 2. The summed E-state index contributed by atoms with van der Waals surface area (Å²) in [5.74, 6) is -0.370. The lowest BCUT2D eigenvalue weighted by Crippen LogP contribution is -2.55. The Morgan fingerprint density at radius 1 is 1.27 bits per heavy atom. The molecule has 0 unspecified atom stereocenters. The first-order valence-electron chi connectivity index (χ1n) is 2.45. The molecule has 62 valence electrons. The summed E-state index contributed by atoms with van der Waals surface area (Å²) in [4.78, 5) is 0. The highest BCUT2D eigenvalue weighted by molar-refractivity contribution is 7.80. The van der Waals surface area contributed by atoms with Crippen molar-refractivity contribution >= 4 is 40.6 Å². The van der Waals surface area contributed by atoms with E-state index in [9.17, 15) is 0 Å². The van der Waals surface area contributed by atoms with Crippen molar-refractivity contribution in [3.8, 4) is 0 Å². The fraction of sp³-hybridized carbons (Fsp3) is 0. The molecule has 0 radical (unpaired) electrons. The molecular weight excluding hydrogens is 184 g/mol. The number of hydrogen-bond acceptors (Lipinski definition) is 3. The van der Waals surface area contributed by atoms with Crippen LogP contribution in [0.4, 0.5) is 0 Å². The summed E-state index contributed by atoms with van der Waals surface area (Å²) in [7, 11) is 0. The maximum absolute atomic E-state index is 6.93. The topological polar surface area (TPSA) is 117 Å². The van der Waals surface area contributed by atoms with Crippen molar-refractivity contribution in [3.05, 3.63) is 0 Å². The fourth-order valence-corrected chi connectivity index (χ4v) is 0.580. The minimum atomic E-state index is -0.370. The molecule has 0 aromatic carbocycles. The molecule has 0 aromatic heterocycles. The number of nitrogens with zero attached hydrogens (tertiary/aromatic N) is 1. The predicted molar refractivity (Wildman–Crippen MR) is 50.5 cm³/mol. The molecule has 0 spiro atoms. The van der Waals surface area contributed by atoms with E-state index in [1.165, 1.54) is 0 Å². The van der Waals surface area contributed by atoms with Gasteiger partial charge < -0.3 is 17.2 Å². The molecule has 11 heavy (non-hydrogen) atoms. The van der Waals surface area contributed by atoms with Crippen LogP contribution < -0.4 is 22.6 Å². The first-order chi connectivity index (χ1) is 4.95. The summed E-state index contributed by atoms with van der Waals surface area (Å²) >= 11 is 8.98. The molecular formula is C3H8N6S2. The van der Waals surface area contributed by atoms with Gasteiger partial charge in [0.05, 0.1) is 0 Å². The number of rotatable bonds is 0. The molecule has 0 aromatic rings. The molecule has 0 fully saturated rings. The largest absolute Gasteiger partial charge is 0.375 e. The van der Waals surface area contributed by atoms with Crippen molar-refractivity contribution in [2.75, 3.05) is 0 Å². The average molecular weight is 192 g/mol. The van der Waals surface area contributed by atoms with Gasteiger partial charge in [-0.2, -0.15) is 5.01 Å². The maximum Gasteiger partial charge on any atom is 0.214 e. The second kappa shape index (κ2) is 3.88. The molecule has 6 nitrogen and oxygen atoms in total. The van der Waals surface area contributed by atoms with Gasteiger partial charge in [0.15, 0.2) is 10.2 Å². The van der Waals surface area contributed by atoms with E-state index in [-0.39, 0.29) is 16.2 Å². The van der Waals surface area contributed by atoms with Gasteiger partial charge in [-0.05, 0) is 24.4 Å². The van der Waals surface area contributed by atoms with Crippen LogP contribution in [0.25, 0.3) is 0 Å². The number of hydrazine groups is 1. The van der Waals surface area contributed by atoms with Crippen LogP contribution in [-0.4, -0.2) is 21.2 Å². The Balaban J connectivity index is 4.23. The number of thiocarbonyl (C=S) groups is 2. The zero-order chi connectivity index (χ0) is 9.02.